The second kappa shape index (κ2) is 4.80. The molecule has 0 N–H and O–H groups in total. The first-order valence-corrected chi connectivity index (χ1v) is 9.45. The summed E-state index contributed by atoms with van der Waals surface area (Å²) in [6.45, 7) is 2.19. The van der Waals surface area contributed by atoms with Crippen LogP contribution in [0.3, 0.4) is 0 Å². The molecular weight excluding hydrogens is 336 g/mol. The first kappa shape index (κ1) is 14.4. The molecule has 7 heteroatoms. The lowest BCUT2D eigenvalue weighted by atomic mass is 10.1. The van der Waals surface area contributed by atoms with E-state index in [1.54, 1.807) is 0 Å². The fraction of sp³-hybridized carbons (Fsp3) is 0.111. The zero-order valence-corrected chi connectivity index (χ0v) is 14.2. The molecule has 0 bridgehead atoms. The van der Waals surface area contributed by atoms with Crippen molar-refractivity contribution in [2.24, 2.45) is 0 Å². The SMILES string of the molecule is CCN1c2ccccc2-c2c(cnc3nc4ccccc4n23)S1(=O)=O. The molecule has 0 amide bonds. The molecule has 0 saturated heterocycles. The summed E-state index contributed by atoms with van der Waals surface area (Å²) in [4.78, 5) is 9.05. The molecule has 2 aromatic carbocycles. The van der Waals surface area contributed by atoms with Crippen molar-refractivity contribution in [3.8, 4) is 11.3 Å². The highest BCUT2D eigenvalue weighted by molar-refractivity contribution is 7.93. The molecule has 0 atom stereocenters. The topological polar surface area (TPSA) is 67.6 Å². The van der Waals surface area contributed by atoms with E-state index in [4.69, 9.17) is 0 Å². The van der Waals surface area contributed by atoms with Gasteiger partial charge in [0.1, 0.15) is 4.90 Å². The number of hydrogen-bond acceptors (Lipinski definition) is 4. The summed E-state index contributed by atoms with van der Waals surface area (Å²) >= 11 is 0. The summed E-state index contributed by atoms with van der Waals surface area (Å²) in [5, 5.41) is 0. The maximum absolute atomic E-state index is 13.2. The number of rotatable bonds is 1. The van der Waals surface area contributed by atoms with Gasteiger partial charge in [-0.25, -0.2) is 18.4 Å². The Morgan fingerprint density at radius 3 is 2.64 bits per heavy atom. The summed E-state index contributed by atoms with van der Waals surface area (Å²) in [6, 6.07) is 15.2. The molecule has 0 unspecified atom stereocenters. The van der Waals surface area contributed by atoms with Gasteiger partial charge in [-0.05, 0) is 25.1 Å². The summed E-state index contributed by atoms with van der Waals surface area (Å²) in [7, 11) is -3.66. The molecule has 3 heterocycles. The number of aromatic nitrogens is 3. The molecule has 124 valence electrons. The molecular formula is C18H14N4O2S. The molecule has 5 rings (SSSR count). The zero-order chi connectivity index (χ0) is 17.2. The van der Waals surface area contributed by atoms with Crippen LogP contribution in [0.25, 0.3) is 28.1 Å². The maximum Gasteiger partial charge on any atom is 0.267 e. The van der Waals surface area contributed by atoms with Crippen molar-refractivity contribution < 1.29 is 8.42 Å². The molecule has 2 aromatic heterocycles. The molecule has 4 aromatic rings. The lowest BCUT2D eigenvalue weighted by molar-refractivity contribution is 0.590. The van der Waals surface area contributed by atoms with E-state index in [1.165, 1.54) is 10.5 Å². The monoisotopic (exact) mass is 350 g/mol. The third kappa shape index (κ3) is 1.76. The standard InChI is InChI=1S/C18H14N4O2S/c1-2-21-14-9-5-3-7-12(14)17-16(25(21,23)24)11-19-18-20-13-8-4-6-10-15(13)22(17)18/h3-11H,2H2,1H3. The Morgan fingerprint density at radius 1 is 1.04 bits per heavy atom. The van der Waals surface area contributed by atoms with Crippen LogP contribution < -0.4 is 4.31 Å². The van der Waals surface area contributed by atoms with E-state index in [0.717, 1.165) is 16.6 Å². The number of benzene rings is 2. The normalized spacial score (nSPS) is 15.3. The number of hydrogen-bond donors (Lipinski definition) is 0. The molecule has 6 nitrogen and oxygen atoms in total. The van der Waals surface area contributed by atoms with Crippen LogP contribution in [0.2, 0.25) is 0 Å². The van der Waals surface area contributed by atoms with E-state index in [0.29, 0.717) is 23.7 Å². The van der Waals surface area contributed by atoms with Crippen LogP contribution >= 0.6 is 0 Å². The fourth-order valence-electron chi connectivity index (χ4n) is 3.53. The summed E-state index contributed by atoms with van der Waals surface area (Å²) in [5.41, 5.74) is 3.81. The predicted molar refractivity (Wildman–Crippen MR) is 96.1 cm³/mol. The van der Waals surface area contributed by atoms with Gasteiger partial charge in [0, 0.05) is 12.1 Å². The van der Waals surface area contributed by atoms with Crippen LogP contribution in [0.5, 0.6) is 0 Å². The van der Waals surface area contributed by atoms with E-state index in [2.05, 4.69) is 9.97 Å². The van der Waals surface area contributed by atoms with Crippen molar-refractivity contribution in [2.45, 2.75) is 11.8 Å². The fourth-order valence-corrected chi connectivity index (χ4v) is 5.16. The number of sulfonamides is 1. The lowest BCUT2D eigenvalue weighted by Crippen LogP contribution is -2.34. The van der Waals surface area contributed by atoms with Crippen LogP contribution in [0.15, 0.2) is 59.6 Å². The Morgan fingerprint density at radius 2 is 1.80 bits per heavy atom. The van der Waals surface area contributed by atoms with Crippen molar-refractivity contribution in [1.29, 1.82) is 0 Å². The Hall–Kier alpha value is -2.93. The van der Waals surface area contributed by atoms with E-state index < -0.39 is 10.0 Å². The maximum atomic E-state index is 13.2. The molecule has 0 radical (unpaired) electrons. The van der Waals surface area contributed by atoms with E-state index in [1.807, 2.05) is 59.9 Å². The van der Waals surface area contributed by atoms with Crippen LogP contribution in [0.1, 0.15) is 6.92 Å². The highest BCUT2D eigenvalue weighted by Crippen LogP contribution is 2.43. The molecule has 1 aliphatic rings. The van der Waals surface area contributed by atoms with E-state index >= 15 is 0 Å². The average Bonchev–Trinajstić information content (AvgIpc) is 3.00. The van der Waals surface area contributed by atoms with Crippen molar-refractivity contribution in [1.82, 2.24) is 14.4 Å². The smallest absolute Gasteiger partial charge is 0.267 e. The van der Waals surface area contributed by atoms with Crippen molar-refractivity contribution in [2.75, 3.05) is 10.8 Å². The van der Waals surface area contributed by atoms with Gasteiger partial charge in [0.15, 0.2) is 0 Å². The van der Waals surface area contributed by atoms with Gasteiger partial charge in [0.25, 0.3) is 10.0 Å². The van der Waals surface area contributed by atoms with Crippen LogP contribution in [0, 0.1) is 0 Å². The van der Waals surface area contributed by atoms with Crippen LogP contribution in [0.4, 0.5) is 5.69 Å². The average molecular weight is 350 g/mol. The summed E-state index contributed by atoms with van der Waals surface area (Å²) in [6.07, 6.45) is 1.42. The number of imidazole rings is 1. The minimum Gasteiger partial charge on any atom is -0.275 e. The van der Waals surface area contributed by atoms with Crippen molar-refractivity contribution in [3.63, 3.8) is 0 Å². The second-order valence-corrected chi connectivity index (χ2v) is 7.72. The third-order valence-electron chi connectivity index (χ3n) is 4.58. The van der Waals surface area contributed by atoms with Crippen molar-refractivity contribution >= 4 is 32.5 Å². The Balaban J connectivity index is 2.04. The number of para-hydroxylation sites is 3. The van der Waals surface area contributed by atoms with Crippen LogP contribution in [-0.2, 0) is 10.0 Å². The molecule has 1 aliphatic heterocycles. The largest absolute Gasteiger partial charge is 0.275 e. The van der Waals surface area contributed by atoms with Gasteiger partial charge in [-0.3, -0.25) is 8.71 Å². The third-order valence-corrected chi connectivity index (χ3v) is 6.47. The van der Waals surface area contributed by atoms with E-state index in [-0.39, 0.29) is 4.90 Å². The Kier molecular flexibility index (Phi) is 2.77. The molecule has 0 aliphatic carbocycles. The molecule has 0 spiro atoms. The highest BCUT2D eigenvalue weighted by Gasteiger charge is 2.36. The Bertz CT molecular complexity index is 1260. The van der Waals surface area contributed by atoms with Crippen molar-refractivity contribution in [3.05, 3.63) is 54.7 Å². The van der Waals surface area contributed by atoms with E-state index in [9.17, 15) is 8.42 Å². The molecule has 25 heavy (non-hydrogen) atoms. The number of fused-ring (bicyclic) bond motifs is 7. The minimum atomic E-state index is -3.66. The quantitative estimate of drug-likeness (QED) is 0.529. The second-order valence-electron chi connectivity index (χ2n) is 5.89. The first-order chi connectivity index (χ1) is 12.1. The number of anilines is 1. The summed E-state index contributed by atoms with van der Waals surface area (Å²) in [5.74, 6) is 0.495. The van der Waals surface area contributed by atoms with Gasteiger partial charge in [0.05, 0.1) is 28.6 Å². The summed E-state index contributed by atoms with van der Waals surface area (Å²) < 4.78 is 29.6. The van der Waals surface area contributed by atoms with Gasteiger partial charge in [-0.2, -0.15) is 0 Å². The van der Waals surface area contributed by atoms with Gasteiger partial charge < -0.3 is 0 Å². The molecule has 0 fully saturated rings. The number of nitrogens with zero attached hydrogens (tertiary/aromatic N) is 4. The lowest BCUT2D eigenvalue weighted by Gasteiger charge is -2.31. The van der Waals surface area contributed by atoms with Gasteiger partial charge >= 0.3 is 0 Å². The van der Waals surface area contributed by atoms with Gasteiger partial charge in [-0.15, -0.1) is 0 Å². The predicted octanol–water partition coefficient (Wildman–Crippen LogP) is 3.08. The zero-order valence-electron chi connectivity index (χ0n) is 13.4. The van der Waals surface area contributed by atoms with Gasteiger partial charge in [0.2, 0.25) is 5.78 Å². The Labute approximate surface area is 144 Å². The van der Waals surface area contributed by atoms with Crippen LogP contribution in [-0.4, -0.2) is 29.3 Å². The minimum absolute atomic E-state index is 0.212. The highest BCUT2D eigenvalue weighted by atomic mass is 32.2. The van der Waals surface area contributed by atoms with Gasteiger partial charge in [-0.1, -0.05) is 30.3 Å². The first-order valence-electron chi connectivity index (χ1n) is 8.01. The molecule has 0 saturated carbocycles.